The van der Waals surface area contributed by atoms with Gasteiger partial charge in [0.25, 0.3) is 5.91 Å². The van der Waals surface area contributed by atoms with E-state index in [-0.39, 0.29) is 30.5 Å². The minimum atomic E-state index is -0.990. The molecule has 0 aliphatic carbocycles. The van der Waals surface area contributed by atoms with Crippen LogP contribution in [0.5, 0.6) is 0 Å². The number of esters is 1. The highest BCUT2D eigenvalue weighted by Gasteiger charge is 2.50. The molecule has 0 unspecified atom stereocenters. The van der Waals surface area contributed by atoms with Crippen LogP contribution in [0.1, 0.15) is 24.6 Å². The SMILES string of the molecule is COC(=O)C1CCN(CN2C(=O)N[C@](C)(c3cccs3)C2=O)CC1. The van der Waals surface area contributed by atoms with Crippen LogP contribution in [0, 0.1) is 5.92 Å². The van der Waals surface area contributed by atoms with Gasteiger partial charge in [0.15, 0.2) is 5.54 Å². The summed E-state index contributed by atoms with van der Waals surface area (Å²) < 4.78 is 4.78. The Morgan fingerprint density at radius 1 is 1.42 bits per heavy atom. The summed E-state index contributed by atoms with van der Waals surface area (Å²) >= 11 is 1.45. The summed E-state index contributed by atoms with van der Waals surface area (Å²) in [5, 5.41) is 4.69. The van der Waals surface area contributed by atoms with Gasteiger partial charge in [-0.05, 0) is 31.2 Å². The quantitative estimate of drug-likeness (QED) is 0.654. The summed E-state index contributed by atoms with van der Waals surface area (Å²) in [6.45, 7) is 3.31. The topological polar surface area (TPSA) is 79.0 Å². The Morgan fingerprint density at radius 2 is 2.12 bits per heavy atom. The largest absolute Gasteiger partial charge is 0.469 e. The molecule has 1 atom stereocenters. The molecule has 0 bridgehead atoms. The first kappa shape index (κ1) is 16.9. The number of nitrogens with one attached hydrogen (secondary N) is 1. The second-order valence-corrected chi connectivity index (χ2v) is 7.27. The molecule has 3 heterocycles. The number of thiophene rings is 1. The molecule has 2 aliphatic rings. The number of imide groups is 1. The van der Waals surface area contributed by atoms with Crippen molar-refractivity contribution in [1.82, 2.24) is 15.1 Å². The van der Waals surface area contributed by atoms with E-state index in [1.807, 2.05) is 22.4 Å². The maximum absolute atomic E-state index is 12.8. The molecule has 0 aromatic carbocycles. The zero-order valence-electron chi connectivity index (χ0n) is 13.8. The number of hydrogen-bond acceptors (Lipinski definition) is 6. The monoisotopic (exact) mass is 351 g/mol. The number of ether oxygens (including phenoxy) is 1. The van der Waals surface area contributed by atoms with Crippen LogP contribution in [-0.4, -0.2) is 54.6 Å². The van der Waals surface area contributed by atoms with Crippen LogP contribution in [0.2, 0.25) is 0 Å². The van der Waals surface area contributed by atoms with E-state index in [0.29, 0.717) is 25.9 Å². The number of carbonyl (C=O) groups excluding carboxylic acids is 3. The van der Waals surface area contributed by atoms with E-state index in [0.717, 1.165) is 4.88 Å². The van der Waals surface area contributed by atoms with Crippen LogP contribution in [0.25, 0.3) is 0 Å². The number of nitrogens with zero attached hydrogens (tertiary/aromatic N) is 2. The Bertz CT molecular complexity index is 640. The number of rotatable bonds is 4. The van der Waals surface area contributed by atoms with Crippen LogP contribution >= 0.6 is 11.3 Å². The first-order chi connectivity index (χ1) is 11.5. The van der Waals surface area contributed by atoms with Crippen LogP contribution in [0.15, 0.2) is 17.5 Å². The highest BCUT2D eigenvalue weighted by molar-refractivity contribution is 7.10. The molecule has 0 saturated carbocycles. The summed E-state index contributed by atoms with van der Waals surface area (Å²) in [7, 11) is 1.40. The number of methoxy groups -OCH3 is 1. The maximum Gasteiger partial charge on any atom is 0.326 e. The summed E-state index contributed by atoms with van der Waals surface area (Å²) in [5.41, 5.74) is -0.990. The maximum atomic E-state index is 12.8. The molecule has 8 heteroatoms. The van der Waals surface area contributed by atoms with Gasteiger partial charge in [0, 0.05) is 18.0 Å². The first-order valence-corrected chi connectivity index (χ1v) is 8.82. The summed E-state index contributed by atoms with van der Waals surface area (Å²) in [6.07, 6.45) is 1.36. The normalized spacial score (nSPS) is 25.8. The lowest BCUT2D eigenvalue weighted by Crippen LogP contribution is -2.46. The third-order valence-electron chi connectivity index (χ3n) is 4.75. The lowest BCUT2D eigenvalue weighted by molar-refractivity contribution is -0.147. The highest BCUT2D eigenvalue weighted by atomic mass is 32.1. The van der Waals surface area contributed by atoms with Gasteiger partial charge >= 0.3 is 12.0 Å². The molecule has 3 amide bonds. The molecule has 2 saturated heterocycles. The second kappa shape index (κ2) is 6.52. The third kappa shape index (κ3) is 2.91. The van der Waals surface area contributed by atoms with E-state index in [4.69, 9.17) is 4.74 Å². The summed E-state index contributed by atoms with van der Waals surface area (Å²) in [6, 6.07) is 3.35. The van der Waals surface area contributed by atoms with Crippen molar-refractivity contribution in [3.63, 3.8) is 0 Å². The zero-order chi connectivity index (χ0) is 17.3. The lowest BCUT2D eigenvalue weighted by atomic mass is 9.97. The number of hydrogen-bond donors (Lipinski definition) is 1. The molecule has 130 valence electrons. The molecule has 2 fully saturated rings. The minimum Gasteiger partial charge on any atom is -0.469 e. The zero-order valence-corrected chi connectivity index (χ0v) is 14.6. The molecule has 1 N–H and O–H groups in total. The Labute approximate surface area is 144 Å². The van der Waals surface area contributed by atoms with Crippen molar-refractivity contribution in [1.29, 1.82) is 0 Å². The second-order valence-electron chi connectivity index (χ2n) is 6.32. The lowest BCUT2D eigenvalue weighted by Gasteiger charge is -2.32. The minimum absolute atomic E-state index is 0.0919. The van der Waals surface area contributed by atoms with Crippen molar-refractivity contribution in [2.24, 2.45) is 5.92 Å². The van der Waals surface area contributed by atoms with Crippen LogP contribution in [0.4, 0.5) is 4.79 Å². The fourth-order valence-electron chi connectivity index (χ4n) is 3.23. The van der Waals surface area contributed by atoms with Gasteiger partial charge < -0.3 is 10.1 Å². The van der Waals surface area contributed by atoms with Gasteiger partial charge in [0.1, 0.15) is 0 Å². The van der Waals surface area contributed by atoms with E-state index >= 15 is 0 Å². The van der Waals surface area contributed by atoms with E-state index in [9.17, 15) is 14.4 Å². The first-order valence-electron chi connectivity index (χ1n) is 7.94. The third-order valence-corrected chi connectivity index (χ3v) is 5.84. The van der Waals surface area contributed by atoms with E-state index < -0.39 is 5.54 Å². The van der Waals surface area contributed by atoms with E-state index in [1.54, 1.807) is 6.92 Å². The Hall–Kier alpha value is -1.93. The highest BCUT2D eigenvalue weighted by Crippen LogP contribution is 2.32. The molecule has 24 heavy (non-hydrogen) atoms. The number of likely N-dealkylation sites (tertiary alicyclic amines) is 1. The van der Waals surface area contributed by atoms with Crippen molar-refractivity contribution < 1.29 is 19.1 Å². The van der Waals surface area contributed by atoms with E-state index in [2.05, 4.69) is 5.32 Å². The Balaban J connectivity index is 1.63. The fraction of sp³-hybridized carbons (Fsp3) is 0.562. The molecular weight excluding hydrogens is 330 g/mol. The predicted octanol–water partition coefficient (Wildman–Crippen LogP) is 1.36. The van der Waals surface area contributed by atoms with Gasteiger partial charge in [0.05, 0.1) is 19.7 Å². The summed E-state index contributed by atoms with van der Waals surface area (Å²) in [4.78, 5) is 40.7. The van der Waals surface area contributed by atoms with Crippen LogP contribution in [0.3, 0.4) is 0 Å². The molecule has 2 aliphatic heterocycles. The molecule has 1 aromatic heterocycles. The number of amides is 3. The van der Waals surface area contributed by atoms with Gasteiger partial charge in [-0.3, -0.25) is 14.5 Å². The number of carbonyl (C=O) groups is 3. The van der Waals surface area contributed by atoms with Gasteiger partial charge in [-0.1, -0.05) is 6.07 Å². The molecule has 3 rings (SSSR count). The average Bonchev–Trinajstić information content (AvgIpc) is 3.19. The molecule has 0 radical (unpaired) electrons. The molecule has 1 aromatic rings. The molecule has 7 nitrogen and oxygen atoms in total. The smallest absolute Gasteiger partial charge is 0.326 e. The van der Waals surface area contributed by atoms with Crippen molar-refractivity contribution in [2.45, 2.75) is 25.3 Å². The van der Waals surface area contributed by atoms with E-state index in [1.165, 1.54) is 23.3 Å². The van der Waals surface area contributed by atoms with Crippen molar-refractivity contribution in [3.8, 4) is 0 Å². The van der Waals surface area contributed by atoms with Crippen molar-refractivity contribution >= 4 is 29.2 Å². The molecular formula is C16H21N3O4S. The fourth-order valence-corrected chi connectivity index (χ4v) is 4.07. The Morgan fingerprint density at radius 3 is 2.71 bits per heavy atom. The van der Waals surface area contributed by atoms with Gasteiger partial charge in [0.2, 0.25) is 0 Å². The number of urea groups is 1. The van der Waals surface area contributed by atoms with Gasteiger partial charge in [-0.15, -0.1) is 11.3 Å². The van der Waals surface area contributed by atoms with Crippen molar-refractivity contribution in [2.75, 3.05) is 26.9 Å². The van der Waals surface area contributed by atoms with Gasteiger partial charge in [-0.2, -0.15) is 0 Å². The Kier molecular flexibility index (Phi) is 4.60. The predicted molar refractivity (Wildman–Crippen MR) is 88.2 cm³/mol. The summed E-state index contributed by atoms with van der Waals surface area (Å²) in [5.74, 6) is -0.509. The van der Waals surface area contributed by atoms with Crippen molar-refractivity contribution in [3.05, 3.63) is 22.4 Å². The van der Waals surface area contributed by atoms with Crippen LogP contribution < -0.4 is 5.32 Å². The standard InChI is InChI=1S/C16H21N3O4S/c1-16(12-4-3-9-24-12)14(21)19(15(22)17-16)10-18-7-5-11(6-8-18)13(20)23-2/h3-4,9,11H,5-8,10H2,1-2H3,(H,17,22)/t16-/m1/s1. The molecule has 0 spiro atoms. The van der Waals surface area contributed by atoms with Crippen LogP contribution in [-0.2, 0) is 19.9 Å². The average molecular weight is 351 g/mol. The number of piperidine rings is 1. The van der Waals surface area contributed by atoms with Gasteiger partial charge in [-0.25, -0.2) is 9.69 Å².